The first kappa shape index (κ1) is 22.1. The van der Waals surface area contributed by atoms with Crippen LogP contribution in [0, 0.1) is 6.92 Å². The number of halogens is 3. The molecule has 1 aliphatic rings. The summed E-state index contributed by atoms with van der Waals surface area (Å²) in [5.41, 5.74) is 0.964. The Bertz CT molecular complexity index is 1040. The van der Waals surface area contributed by atoms with Crippen LogP contribution in [-0.2, 0) is 25.2 Å². The van der Waals surface area contributed by atoms with Crippen LogP contribution >= 0.6 is 0 Å². The summed E-state index contributed by atoms with van der Waals surface area (Å²) in [6, 6.07) is 11.8. The molecule has 31 heavy (non-hydrogen) atoms. The molecule has 0 fully saturated rings. The van der Waals surface area contributed by atoms with E-state index in [4.69, 9.17) is 9.47 Å². The SMILES string of the molecule is COC(=O)C1=CN(c2cccc(C(F)(F)F)c2)C=C(C(=O)OC)C1c1ccccc1C. The second-order valence-electron chi connectivity index (χ2n) is 6.90. The highest BCUT2D eigenvalue weighted by Gasteiger charge is 2.37. The van der Waals surface area contributed by atoms with Crippen LogP contribution in [-0.4, -0.2) is 26.2 Å². The fourth-order valence-corrected chi connectivity index (χ4v) is 3.47. The van der Waals surface area contributed by atoms with Gasteiger partial charge in [0.15, 0.2) is 0 Å². The Balaban J connectivity index is 2.21. The zero-order valence-corrected chi connectivity index (χ0v) is 17.1. The fourth-order valence-electron chi connectivity index (χ4n) is 3.47. The molecule has 1 heterocycles. The quantitative estimate of drug-likeness (QED) is 0.655. The molecule has 0 aromatic heterocycles. The summed E-state index contributed by atoms with van der Waals surface area (Å²) < 4.78 is 49.4. The van der Waals surface area contributed by atoms with Gasteiger partial charge in [-0.05, 0) is 36.2 Å². The lowest BCUT2D eigenvalue weighted by atomic mass is 9.81. The number of carbonyl (C=O) groups is 2. The van der Waals surface area contributed by atoms with Crippen molar-refractivity contribution >= 4 is 17.6 Å². The number of benzene rings is 2. The number of aryl methyl sites for hydroxylation is 1. The van der Waals surface area contributed by atoms with Gasteiger partial charge in [-0.15, -0.1) is 0 Å². The highest BCUT2D eigenvalue weighted by Crippen LogP contribution is 2.40. The number of methoxy groups -OCH3 is 2. The van der Waals surface area contributed by atoms with Crippen LogP contribution in [0.25, 0.3) is 0 Å². The molecule has 0 atom stereocenters. The van der Waals surface area contributed by atoms with Crippen molar-refractivity contribution in [3.63, 3.8) is 0 Å². The number of hydrogen-bond acceptors (Lipinski definition) is 5. The average molecular weight is 431 g/mol. The number of anilines is 1. The average Bonchev–Trinajstić information content (AvgIpc) is 2.77. The molecule has 162 valence electrons. The summed E-state index contributed by atoms with van der Waals surface area (Å²) in [5.74, 6) is -2.22. The number of alkyl halides is 3. The first-order valence-corrected chi connectivity index (χ1v) is 9.28. The molecule has 2 aromatic carbocycles. The molecule has 8 heteroatoms. The molecule has 0 saturated carbocycles. The van der Waals surface area contributed by atoms with Crippen LogP contribution in [0.15, 0.2) is 72.1 Å². The van der Waals surface area contributed by atoms with Crippen molar-refractivity contribution in [2.24, 2.45) is 0 Å². The predicted molar refractivity (Wildman–Crippen MR) is 108 cm³/mol. The molecule has 0 spiro atoms. The van der Waals surface area contributed by atoms with Gasteiger partial charge in [-0.3, -0.25) is 0 Å². The minimum absolute atomic E-state index is 0.0945. The molecule has 0 aliphatic carbocycles. The van der Waals surface area contributed by atoms with Gasteiger partial charge in [0, 0.05) is 18.1 Å². The maximum absolute atomic E-state index is 13.2. The number of rotatable bonds is 4. The number of hydrogen-bond donors (Lipinski definition) is 0. The van der Waals surface area contributed by atoms with E-state index in [2.05, 4.69) is 0 Å². The van der Waals surface area contributed by atoms with Crippen LogP contribution in [0.4, 0.5) is 18.9 Å². The minimum atomic E-state index is -4.54. The monoisotopic (exact) mass is 431 g/mol. The Labute approximate surface area is 177 Å². The first-order chi connectivity index (χ1) is 14.7. The van der Waals surface area contributed by atoms with E-state index in [-0.39, 0.29) is 16.8 Å². The van der Waals surface area contributed by atoms with Gasteiger partial charge in [-0.25, -0.2) is 9.59 Å². The Morgan fingerprint density at radius 2 is 1.48 bits per heavy atom. The van der Waals surface area contributed by atoms with Crippen molar-refractivity contribution in [1.29, 1.82) is 0 Å². The van der Waals surface area contributed by atoms with Gasteiger partial charge in [0.2, 0.25) is 0 Å². The molecule has 1 aliphatic heterocycles. The largest absolute Gasteiger partial charge is 0.466 e. The summed E-state index contributed by atoms with van der Waals surface area (Å²) in [4.78, 5) is 26.6. The third kappa shape index (κ3) is 4.47. The van der Waals surface area contributed by atoms with Gasteiger partial charge in [0.1, 0.15) is 0 Å². The van der Waals surface area contributed by atoms with E-state index < -0.39 is 29.6 Å². The van der Waals surface area contributed by atoms with Gasteiger partial charge in [-0.2, -0.15) is 13.2 Å². The second kappa shape index (κ2) is 8.67. The van der Waals surface area contributed by atoms with E-state index in [1.54, 1.807) is 12.1 Å². The molecule has 0 saturated heterocycles. The topological polar surface area (TPSA) is 55.8 Å². The first-order valence-electron chi connectivity index (χ1n) is 9.28. The number of carbonyl (C=O) groups excluding carboxylic acids is 2. The third-order valence-electron chi connectivity index (χ3n) is 4.99. The maximum atomic E-state index is 13.2. The normalized spacial score (nSPS) is 14.6. The molecule has 2 aromatic rings. The summed E-state index contributed by atoms with van der Waals surface area (Å²) >= 11 is 0. The van der Waals surface area contributed by atoms with Crippen molar-refractivity contribution < 1.29 is 32.2 Å². The summed E-state index contributed by atoms with van der Waals surface area (Å²) in [6.45, 7) is 1.83. The van der Waals surface area contributed by atoms with Crippen LogP contribution in [0.2, 0.25) is 0 Å². The molecule has 0 bridgehead atoms. The van der Waals surface area contributed by atoms with E-state index in [0.717, 1.165) is 17.7 Å². The summed E-state index contributed by atoms with van der Waals surface area (Å²) in [7, 11) is 2.39. The molecule has 3 rings (SSSR count). The molecule has 0 unspecified atom stereocenters. The molecular weight excluding hydrogens is 411 g/mol. The standard InChI is InChI=1S/C23H20F3NO4/c1-14-7-4-5-10-17(14)20-18(21(28)30-2)12-27(13-19(20)22(29)31-3)16-9-6-8-15(11-16)23(24,25)26/h4-13,20H,1-3H3. The van der Waals surface area contributed by atoms with E-state index >= 15 is 0 Å². The van der Waals surface area contributed by atoms with Gasteiger partial charge in [-0.1, -0.05) is 30.3 Å². The van der Waals surface area contributed by atoms with Crippen molar-refractivity contribution in [2.75, 3.05) is 19.1 Å². The minimum Gasteiger partial charge on any atom is -0.466 e. The lowest BCUT2D eigenvalue weighted by molar-refractivity contribution is -0.138. The van der Waals surface area contributed by atoms with Gasteiger partial charge in [0.05, 0.1) is 36.8 Å². The van der Waals surface area contributed by atoms with Gasteiger partial charge in [0.25, 0.3) is 0 Å². The molecule has 5 nitrogen and oxygen atoms in total. The number of nitrogens with zero attached hydrogens (tertiary/aromatic N) is 1. The second-order valence-corrected chi connectivity index (χ2v) is 6.90. The Hall–Kier alpha value is -3.55. The van der Waals surface area contributed by atoms with E-state index in [1.165, 1.54) is 43.7 Å². The molecular formula is C23H20F3NO4. The van der Waals surface area contributed by atoms with E-state index in [1.807, 2.05) is 19.1 Å². The van der Waals surface area contributed by atoms with Crippen LogP contribution in [0.5, 0.6) is 0 Å². The molecule has 0 N–H and O–H groups in total. The number of ether oxygens (including phenoxy) is 2. The maximum Gasteiger partial charge on any atom is 0.416 e. The smallest absolute Gasteiger partial charge is 0.416 e. The van der Waals surface area contributed by atoms with E-state index in [9.17, 15) is 22.8 Å². The van der Waals surface area contributed by atoms with E-state index in [0.29, 0.717) is 5.56 Å². The molecule has 0 radical (unpaired) electrons. The van der Waals surface area contributed by atoms with Gasteiger partial charge < -0.3 is 14.4 Å². The zero-order chi connectivity index (χ0) is 22.8. The number of esters is 2. The van der Waals surface area contributed by atoms with Gasteiger partial charge >= 0.3 is 18.1 Å². The van der Waals surface area contributed by atoms with Crippen molar-refractivity contribution in [2.45, 2.75) is 19.0 Å². The fraction of sp³-hybridized carbons (Fsp3) is 0.217. The Morgan fingerprint density at radius 1 is 0.903 bits per heavy atom. The highest BCUT2D eigenvalue weighted by atomic mass is 19.4. The molecule has 0 amide bonds. The van der Waals surface area contributed by atoms with Crippen LogP contribution in [0.1, 0.15) is 22.6 Å². The zero-order valence-electron chi connectivity index (χ0n) is 17.1. The Morgan fingerprint density at radius 3 is 2.00 bits per heavy atom. The van der Waals surface area contributed by atoms with Crippen molar-refractivity contribution in [3.8, 4) is 0 Å². The summed E-state index contributed by atoms with van der Waals surface area (Å²) in [5, 5.41) is 0. The van der Waals surface area contributed by atoms with Crippen molar-refractivity contribution in [1.82, 2.24) is 0 Å². The lowest BCUT2D eigenvalue weighted by Crippen LogP contribution is -2.29. The van der Waals surface area contributed by atoms with Crippen molar-refractivity contribution in [3.05, 3.63) is 88.8 Å². The predicted octanol–water partition coefficient (Wildman–Crippen LogP) is 4.73. The summed E-state index contributed by atoms with van der Waals surface area (Å²) in [6.07, 6.45) is -1.78. The van der Waals surface area contributed by atoms with Crippen LogP contribution in [0.3, 0.4) is 0 Å². The van der Waals surface area contributed by atoms with Crippen LogP contribution < -0.4 is 4.90 Å². The third-order valence-corrected chi connectivity index (χ3v) is 4.99. The Kier molecular flexibility index (Phi) is 6.19. The lowest BCUT2D eigenvalue weighted by Gasteiger charge is -2.31. The highest BCUT2D eigenvalue weighted by molar-refractivity contribution is 6.00.